The maximum absolute atomic E-state index is 11.8. The molecule has 0 aliphatic carbocycles. The van der Waals surface area contributed by atoms with Crippen LogP contribution in [0.4, 0.5) is 5.69 Å². The highest BCUT2D eigenvalue weighted by Crippen LogP contribution is 2.22. The number of hydrogen-bond acceptors (Lipinski definition) is 3. The Bertz CT molecular complexity index is 383. The van der Waals surface area contributed by atoms with Crippen LogP contribution in [0, 0.1) is 0 Å². The summed E-state index contributed by atoms with van der Waals surface area (Å²) < 4.78 is 5.17. The molecule has 5 heteroatoms. The fourth-order valence-corrected chi connectivity index (χ4v) is 1.55. The Labute approximate surface area is 106 Å². The molecule has 0 saturated carbocycles. The topological polar surface area (TPSA) is 64.3 Å². The van der Waals surface area contributed by atoms with Gasteiger partial charge < -0.3 is 15.8 Å². The van der Waals surface area contributed by atoms with Gasteiger partial charge >= 0.3 is 0 Å². The van der Waals surface area contributed by atoms with Crippen molar-refractivity contribution in [3.63, 3.8) is 0 Å². The van der Waals surface area contributed by atoms with Crippen molar-refractivity contribution in [3.8, 4) is 0 Å². The molecule has 0 spiro atoms. The second-order valence-electron chi connectivity index (χ2n) is 3.52. The van der Waals surface area contributed by atoms with Gasteiger partial charge in [-0.2, -0.15) is 0 Å². The van der Waals surface area contributed by atoms with E-state index in [4.69, 9.17) is 22.1 Å². The molecule has 1 rings (SSSR count). The van der Waals surface area contributed by atoms with Gasteiger partial charge in [0.1, 0.15) is 0 Å². The van der Waals surface area contributed by atoms with Crippen LogP contribution in [0.15, 0.2) is 18.2 Å². The first kappa shape index (κ1) is 13.8. The predicted molar refractivity (Wildman–Crippen MR) is 69.3 cm³/mol. The molecule has 0 aromatic heterocycles. The van der Waals surface area contributed by atoms with Crippen molar-refractivity contribution in [1.29, 1.82) is 0 Å². The van der Waals surface area contributed by atoms with Crippen molar-refractivity contribution in [2.24, 2.45) is 0 Å². The fraction of sp³-hybridized carbons (Fsp3) is 0.417. The number of carbonyl (C=O) groups is 1. The summed E-state index contributed by atoms with van der Waals surface area (Å²) in [6.07, 6.45) is 0.777. The molecule has 0 saturated heterocycles. The van der Waals surface area contributed by atoms with Crippen LogP contribution < -0.4 is 11.1 Å². The van der Waals surface area contributed by atoms with E-state index in [1.54, 1.807) is 18.2 Å². The molecule has 0 unspecified atom stereocenters. The summed E-state index contributed by atoms with van der Waals surface area (Å²) >= 11 is 5.94. The Kier molecular flexibility index (Phi) is 5.80. The summed E-state index contributed by atoms with van der Waals surface area (Å²) in [5.41, 5.74) is 6.44. The molecular weight excluding hydrogens is 240 g/mol. The van der Waals surface area contributed by atoms with Gasteiger partial charge in [0.15, 0.2) is 0 Å². The fourth-order valence-electron chi connectivity index (χ4n) is 1.34. The molecule has 0 fully saturated rings. The molecule has 94 valence electrons. The number of nitrogen functional groups attached to an aromatic ring is 1. The number of nitrogens with one attached hydrogen (secondary N) is 1. The van der Waals surface area contributed by atoms with Crippen LogP contribution in [0.2, 0.25) is 5.02 Å². The highest BCUT2D eigenvalue weighted by atomic mass is 35.5. The molecule has 0 radical (unpaired) electrons. The summed E-state index contributed by atoms with van der Waals surface area (Å²) in [6, 6.07) is 5.01. The minimum atomic E-state index is -0.209. The summed E-state index contributed by atoms with van der Waals surface area (Å²) in [5, 5.41) is 3.07. The van der Waals surface area contributed by atoms with E-state index in [1.165, 1.54) is 0 Å². The quantitative estimate of drug-likeness (QED) is 0.605. The molecule has 0 bridgehead atoms. The Morgan fingerprint density at radius 3 is 3.00 bits per heavy atom. The average molecular weight is 257 g/mol. The third kappa shape index (κ3) is 4.24. The molecule has 0 heterocycles. The monoisotopic (exact) mass is 256 g/mol. The first-order chi connectivity index (χ1) is 8.16. The average Bonchev–Trinajstić information content (AvgIpc) is 2.32. The zero-order valence-electron chi connectivity index (χ0n) is 9.83. The molecule has 1 aromatic carbocycles. The lowest BCUT2D eigenvalue weighted by Gasteiger charge is -2.08. The molecule has 3 N–H and O–H groups in total. The minimum absolute atomic E-state index is 0.209. The van der Waals surface area contributed by atoms with Gasteiger partial charge in [-0.1, -0.05) is 17.7 Å². The molecule has 1 amide bonds. The number of halogens is 1. The smallest absolute Gasteiger partial charge is 0.252 e. The Morgan fingerprint density at radius 1 is 1.53 bits per heavy atom. The molecule has 0 atom stereocenters. The number of rotatable bonds is 6. The number of carbonyl (C=O) groups excluding carboxylic acids is 1. The van der Waals surface area contributed by atoms with Gasteiger partial charge in [0.2, 0.25) is 0 Å². The number of nitrogens with two attached hydrogens (primary N) is 1. The highest BCUT2D eigenvalue weighted by Gasteiger charge is 2.10. The van der Waals surface area contributed by atoms with E-state index < -0.39 is 0 Å². The molecule has 17 heavy (non-hydrogen) atoms. The number of amides is 1. The van der Waals surface area contributed by atoms with E-state index in [2.05, 4.69) is 5.32 Å². The zero-order valence-corrected chi connectivity index (χ0v) is 10.6. The lowest BCUT2D eigenvalue weighted by atomic mass is 10.2. The SMILES string of the molecule is CCOCCCNC(=O)c1cccc(N)c1Cl. The third-order valence-corrected chi connectivity index (χ3v) is 2.65. The normalized spacial score (nSPS) is 10.2. The van der Waals surface area contributed by atoms with Gasteiger partial charge in [-0.25, -0.2) is 0 Å². The van der Waals surface area contributed by atoms with Crippen LogP contribution in [0.3, 0.4) is 0 Å². The summed E-state index contributed by atoms with van der Waals surface area (Å²) in [4.78, 5) is 11.8. The maximum Gasteiger partial charge on any atom is 0.252 e. The molecule has 1 aromatic rings. The second-order valence-corrected chi connectivity index (χ2v) is 3.89. The first-order valence-electron chi connectivity index (χ1n) is 5.56. The molecular formula is C12H17ClN2O2. The van der Waals surface area contributed by atoms with Gasteiger partial charge in [-0.3, -0.25) is 4.79 Å². The number of benzene rings is 1. The van der Waals surface area contributed by atoms with E-state index in [-0.39, 0.29) is 5.91 Å². The Morgan fingerprint density at radius 2 is 2.29 bits per heavy atom. The van der Waals surface area contributed by atoms with Crippen molar-refractivity contribution in [2.75, 3.05) is 25.5 Å². The van der Waals surface area contributed by atoms with Gasteiger partial charge in [0.25, 0.3) is 5.91 Å². The standard InChI is InChI=1S/C12H17ClN2O2/c1-2-17-8-4-7-15-12(16)9-5-3-6-10(14)11(9)13/h3,5-6H,2,4,7-8,14H2,1H3,(H,15,16). The van der Waals surface area contributed by atoms with Gasteiger partial charge in [-0.05, 0) is 25.5 Å². The molecule has 0 aliphatic heterocycles. The van der Waals surface area contributed by atoms with Crippen LogP contribution in [0.25, 0.3) is 0 Å². The van der Waals surface area contributed by atoms with Gasteiger partial charge in [-0.15, -0.1) is 0 Å². The van der Waals surface area contributed by atoms with Crippen LogP contribution in [0.1, 0.15) is 23.7 Å². The van der Waals surface area contributed by atoms with E-state index >= 15 is 0 Å². The van der Waals surface area contributed by atoms with E-state index in [9.17, 15) is 4.79 Å². The van der Waals surface area contributed by atoms with E-state index in [1.807, 2.05) is 6.92 Å². The van der Waals surface area contributed by atoms with Crippen molar-refractivity contribution in [2.45, 2.75) is 13.3 Å². The van der Waals surface area contributed by atoms with Crippen LogP contribution in [-0.4, -0.2) is 25.7 Å². The van der Waals surface area contributed by atoms with Gasteiger partial charge in [0, 0.05) is 19.8 Å². The summed E-state index contributed by atoms with van der Waals surface area (Å²) in [5.74, 6) is -0.209. The number of hydrogen-bond donors (Lipinski definition) is 2. The Hall–Kier alpha value is -1.26. The van der Waals surface area contributed by atoms with Crippen molar-refractivity contribution < 1.29 is 9.53 Å². The zero-order chi connectivity index (χ0) is 12.7. The maximum atomic E-state index is 11.8. The largest absolute Gasteiger partial charge is 0.398 e. The summed E-state index contributed by atoms with van der Waals surface area (Å²) in [6.45, 7) is 3.82. The van der Waals surface area contributed by atoms with Crippen LogP contribution in [-0.2, 0) is 4.74 Å². The summed E-state index contributed by atoms with van der Waals surface area (Å²) in [7, 11) is 0. The lowest BCUT2D eigenvalue weighted by Crippen LogP contribution is -2.25. The van der Waals surface area contributed by atoms with Gasteiger partial charge in [0.05, 0.1) is 16.3 Å². The molecule has 0 aliphatic rings. The number of anilines is 1. The molecule has 4 nitrogen and oxygen atoms in total. The predicted octanol–water partition coefficient (Wildman–Crippen LogP) is 2.08. The van der Waals surface area contributed by atoms with Crippen LogP contribution >= 0.6 is 11.6 Å². The lowest BCUT2D eigenvalue weighted by molar-refractivity contribution is 0.0944. The highest BCUT2D eigenvalue weighted by molar-refractivity contribution is 6.36. The van der Waals surface area contributed by atoms with Crippen molar-refractivity contribution >= 4 is 23.2 Å². The minimum Gasteiger partial charge on any atom is -0.398 e. The van der Waals surface area contributed by atoms with E-state index in [0.29, 0.717) is 36.0 Å². The first-order valence-corrected chi connectivity index (χ1v) is 5.94. The second kappa shape index (κ2) is 7.14. The van der Waals surface area contributed by atoms with Crippen LogP contribution in [0.5, 0.6) is 0 Å². The van der Waals surface area contributed by atoms with Crippen molar-refractivity contribution in [1.82, 2.24) is 5.32 Å². The Balaban J connectivity index is 2.44. The number of ether oxygens (including phenoxy) is 1. The third-order valence-electron chi connectivity index (χ3n) is 2.23. The van der Waals surface area contributed by atoms with Crippen molar-refractivity contribution in [3.05, 3.63) is 28.8 Å². The van der Waals surface area contributed by atoms with E-state index in [0.717, 1.165) is 6.42 Å².